The van der Waals surface area contributed by atoms with Crippen LogP contribution >= 0.6 is 0 Å². The molecule has 1 saturated carbocycles. The largest absolute Gasteiger partial charge is 0.357 e. The Kier molecular flexibility index (Phi) is 2.88. The van der Waals surface area contributed by atoms with Crippen LogP contribution < -0.4 is 0 Å². The molecule has 106 valence electrons. The number of benzene rings is 1. The molecular weight excluding hydrogens is 244 g/mol. The molecule has 0 radical (unpaired) electrons. The molecule has 1 fully saturated rings. The van der Waals surface area contributed by atoms with Gasteiger partial charge in [0.2, 0.25) is 0 Å². The van der Waals surface area contributed by atoms with Crippen LogP contribution in [-0.2, 0) is 12.0 Å². The quantitative estimate of drug-likeness (QED) is 0.758. The van der Waals surface area contributed by atoms with Crippen LogP contribution in [0.3, 0.4) is 0 Å². The molecule has 20 heavy (non-hydrogen) atoms. The Balaban J connectivity index is 1.92. The molecule has 0 bridgehead atoms. The fourth-order valence-corrected chi connectivity index (χ4v) is 4.49. The summed E-state index contributed by atoms with van der Waals surface area (Å²) >= 11 is 0. The Bertz CT molecular complexity index is 617. The average molecular weight is 268 g/mol. The van der Waals surface area contributed by atoms with Gasteiger partial charge in [0.25, 0.3) is 0 Å². The second-order valence-electron chi connectivity index (χ2n) is 6.64. The number of hydrogen-bond acceptors (Lipinski definition) is 1. The van der Waals surface area contributed by atoms with Gasteiger partial charge in [-0.05, 0) is 37.9 Å². The third-order valence-electron chi connectivity index (χ3n) is 5.64. The van der Waals surface area contributed by atoms with Gasteiger partial charge in [0.1, 0.15) is 0 Å². The van der Waals surface area contributed by atoms with E-state index in [9.17, 15) is 0 Å². The number of para-hydroxylation sites is 1. The highest BCUT2D eigenvalue weighted by molar-refractivity contribution is 5.85. The molecule has 1 aliphatic carbocycles. The van der Waals surface area contributed by atoms with Crippen LogP contribution in [0.2, 0.25) is 0 Å². The van der Waals surface area contributed by atoms with Gasteiger partial charge < -0.3 is 4.98 Å². The second-order valence-corrected chi connectivity index (χ2v) is 6.64. The predicted octanol–water partition coefficient (Wildman–Crippen LogP) is 4.21. The van der Waals surface area contributed by atoms with Gasteiger partial charge in [-0.3, -0.25) is 4.90 Å². The summed E-state index contributed by atoms with van der Waals surface area (Å²) < 4.78 is 0. The molecule has 2 aliphatic rings. The fraction of sp³-hybridized carbons (Fsp3) is 0.556. The van der Waals surface area contributed by atoms with Crippen LogP contribution in [0.1, 0.15) is 49.8 Å². The van der Waals surface area contributed by atoms with Crippen molar-refractivity contribution in [2.24, 2.45) is 0 Å². The van der Waals surface area contributed by atoms with Crippen molar-refractivity contribution >= 4 is 10.9 Å². The first-order chi connectivity index (χ1) is 9.81. The van der Waals surface area contributed by atoms with Gasteiger partial charge in [0, 0.05) is 23.1 Å². The maximum absolute atomic E-state index is 3.79. The molecule has 0 unspecified atom stereocenters. The summed E-state index contributed by atoms with van der Waals surface area (Å²) in [6.45, 7) is 1.20. The van der Waals surface area contributed by atoms with E-state index < -0.39 is 0 Å². The minimum Gasteiger partial charge on any atom is -0.357 e. The smallest absolute Gasteiger partial charge is 0.0612 e. The predicted molar refractivity (Wildman–Crippen MR) is 84.0 cm³/mol. The number of aromatic amines is 1. The average Bonchev–Trinajstić information content (AvgIpc) is 2.68. The molecule has 4 rings (SSSR count). The van der Waals surface area contributed by atoms with E-state index in [4.69, 9.17) is 0 Å². The molecule has 2 aromatic rings. The van der Waals surface area contributed by atoms with E-state index in [1.165, 1.54) is 68.1 Å². The van der Waals surface area contributed by atoms with Gasteiger partial charge in [-0.25, -0.2) is 0 Å². The number of likely N-dealkylation sites (N-methyl/N-ethyl adjacent to an activating group) is 1. The summed E-state index contributed by atoms with van der Waals surface area (Å²) in [6.07, 6.45) is 9.40. The van der Waals surface area contributed by atoms with Gasteiger partial charge >= 0.3 is 0 Å². The van der Waals surface area contributed by atoms with Crippen LogP contribution in [0.15, 0.2) is 24.3 Å². The molecule has 2 nitrogen and oxygen atoms in total. The van der Waals surface area contributed by atoms with Crippen molar-refractivity contribution in [1.82, 2.24) is 9.88 Å². The first-order valence-electron chi connectivity index (χ1n) is 8.13. The summed E-state index contributed by atoms with van der Waals surface area (Å²) in [4.78, 5) is 6.43. The third kappa shape index (κ3) is 1.67. The molecule has 1 aromatic carbocycles. The van der Waals surface area contributed by atoms with E-state index in [1.54, 1.807) is 5.56 Å². The molecule has 1 aromatic heterocycles. The molecule has 1 N–H and O–H groups in total. The van der Waals surface area contributed by atoms with E-state index in [0.29, 0.717) is 0 Å². The van der Waals surface area contributed by atoms with Crippen molar-refractivity contribution in [2.75, 3.05) is 13.6 Å². The second kappa shape index (κ2) is 4.63. The van der Waals surface area contributed by atoms with Crippen molar-refractivity contribution in [3.05, 3.63) is 35.5 Å². The standard InChI is InChI=1S/C18H24N2/c1-20-13-10-15-14-8-4-5-9-16(14)19-17(15)18(20)11-6-2-3-7-12-18/h4-5,8-9,19H,2-3,6-7,10-13H2,1H3. The normalized spacial score (nSPS) is 22.9. The van der Waals surface area contributed by atoms with Gasteiger partial charge in [-0.2, -0.15) is 0 Å². The van der Waals surface area contributed by atoms with E-state index in [0.717, 1.165) is 0 Å². The van der Waals surface area contributed by atoms with Crippen LogP contribution in [-0.4, -0.2) is 23.5 Å². The maximum atomic E-state index is 3.79. The van der Waals surface area contributed by atoms with Crippen molar-refractivity contribution in [3.8, 4) is 0 Å². The van der Waals surface area contributed by atoms with E-state index in [-0.39, 0.29) is 5.54 Å². The van der Waals surface area contributed by atoms with E-state index in [2.05, 4.69) is 41.2 Å². The minimum atomic E-state index is 0.281. The van der Waals surface area contributed by atoms with Crippen molar-refractivity contribution in [2.45, 2.75) is 50.5 Å². The molecule has 2 heteroatoms. The van der Waals surface area contributed by atoms with Crippen molar-refractivity contribution < 1.29 is 0 Å². The number of nitrogens with zero attached hydrogens (tertiary/aromatic N) is 1. The highest BCUT2D eigenvalue weighted by atomic mass is 15.2. The number of H-pyrrole nitrogens is 1. The first-order valence-corrected chi connectivity index (χ1v) is 8.13. The lowest BCUT2D eigenvalue weighted by molar-refractivity contribution is 0.0826. The Morgan fingerprint density at radius 1 is 1.05 bits per heavy atom. The number of hydrogen-bond donors (Lipinski definition) is 1. The van der Waals surface area contributed by atoms with E-state index in [1.807, 2.05) is 0 Å². The Hall–Kier alpha value is -1.28. The number of rotatable bonds is 0. The van der Waals surface area contributed by atoms with Gasteiger partial charge in [0.05, 0.1) is 5.54 Å². The zero-order valence-electron chi connectivity index (χ0n) is 12.4. The van der Waals surface area contributed by atoms with Crippen LogP contribution in [0.25, 0.3) is 10.9 Å². The van der Waals surface area contributed by atoms with Crippen LogP contribution in [0, 0.1) is 0 Å². The van der Waals surface area contributed by atoms with Gasteiger partial charge in [-0.15, -0.1) is 0 Å². The number of fused-ring (bicyclic) bond motifs is 4. The topological polar surface area (TPSA) is 19.0 Å². The molecular formula is C18H24N2. The fourth-order valence-electron chi connectivity index (χ4n) is 4.49. The number of nitrogens with one attached hydrogen (secondary N) is 1. The van der Waals surface area contributed by atoms with Gasteiger partial charge in [-0.1, -0.05) is 43.9 Å². The van der Waals surface area contributed by atoms with E-state index >= 15 is 0 Å². The lowest BCUT2D eigenvalue weighted by Gasteiger charge is -2.45. The molecule has 0 atom stereocenters. The lowest BCUT2D eigenvalue weighted by atomic mass is 9.79. The Morgan fingerprint density at radius 2 is 1.80 bits per heavy atom. The monoisotopic (exact) mass is 268 g/mol. The summed E-state index contributed by atoms with van der Waals surface area (Å²) in [6, 6.07) is 8.85. The lowest BCUT2D eigenvalue weighted by Crippen LogP contribution is -2.48. The van der Waals surface area contributed by atoms with Gasteiger partial charge in [0.15, 0.2) is 0 Å². The highest BCUT2D eigenvalue weighted by Crippen LogP contribution is 2.45. The molecule has 0 saturated heterocycles. The van der Waals surface area contributed by atoms with Crippen LogP contribution in [0.5, 0.6) is 0 Å². The molecule has 1 spiro atoms. The van der Waals surface area contributed by atoms with Crippen LogP contribution in [0.4, 0.5) is 0 Å². The van der Waals surface area contributed by atoms with Crippen molar-refractivity contribution in [1.29, 1.82) is 0 Å². The maximum Gasteiger partial charge on any atom is 0.0612 e. The summed E-state index contributed by atoms with van der Waals surface area (Å²) in [7, 11) is 2.33. The molecule has 2 heterocycles. The molecule has 1 aliphatic heterocycles. The highest BCUT2D eigenvalue weighted by Gasteiger charge is 2.42. The Labute approximate surface area is 121 Å². The molecule has 0 amide bonds. The zero-order valence-corrected chi connectivity index (χ0v) is 12.4. The Morgan fingerprint density at radius 3 is 2.60 bits per heavy atom. The summed E-state index contributed by atoms with van der Waals surface area (Å²) in [5.74, 6) is 0. The summed E-state index contributed by atoms with van der Waals surface area (Å²) in [5, 5.41) is 1.46. The zero-order chi connectivity index (χ0) is 13.6. The minimum absolute atomic E-state index is 0.281. The summed E-state index contributed by atoms with van der Waals surface area (Å²) in [5.41, 5.74) is 4.75. The van der Waals surface area contributed by atoms with Crippen molar-refractivity contribution in [3.63, 3.8) is 0 Å². The number of aromatic nitrogens is 1. The first kappa shape index (κ1) is 12.5. The SMILES string of the molecule is CN1CCc2c([nH]c3ccccc23)C12CCCCCC2. The third-order valence-corrected chi connectivity index (χ3v) is 5.64.